The van der Waals surface area contributed by atoms with Gasteiger partial charge in [-0.25, -0.2) is 9.97 Å². The van der Waals surface area contributed by atoms with Gasteiger partial charge in [0.2, 0.25) is 0 Å². The predicted molar refractivity (Wildman–Crippen MR) is 111 cm³/mol. The highest BCUT2D eigenvalue weighted by molar-refractivity contribution is 7.20. The molecule has 0 atom stereocenters. The summed E-state index contributed by atoms with van der Waals surface area (Å²) in [6.45, 7) is 4.92. The number of rotatable bonds is 7. The van der Waals surface area contributed by atoms with Crippen LogP contribution in [0.2, 0.25) is 0 Å². The van der Waals surface area contributed by atoms with Crippen LogP contribution < -0.4 is 16.2 Å². The zero-order valence-electron chi connectivity index (χ0n) is 16.3. The van der Waals surface area contributed by atoms with Gasteiger partial charge in [-0.3, -0.25) is 9.59 Å². The van der Waals surface area contributed by atoms with Gasteiger partial charge in [-0.1, -0.05) is 0 Å². The molecule has 0 saturated heterocycles. The molecule has 0 fully saturated rings. The average molecular weight is 401 g/mol. The summed E-state index contributed by atoms with van der Waals surface area (Å²) in [4.78, 5) is 34.9. The van der Waals surface area contributed by atoms with Crippen molar-refractivity contribution in [1.29, 1.82) is 0 Å². The Bertz CT molecular complexity index is 1070. The first kappa shape index (κ1) is 20.0. The second kappa shape index (κ2) is 8.49. The molecule has 3 rings (SSSR count). The molecule has 2 N–H and O–H groups in total. The van der Waals surface area contributed by atoms with Crippen LogP contribution in [-0.4, -0.2) is 40.7 Å². The second-order valence-corrected chi connectivity index (χ2v) is 7.53. The molecule has 0 unspecified atom stereocenters. The second-order valence-electron chi connectivity index (χ2n) is 6.53. The van der Waals surface area contributed by atoms with Crippen LogP contribution in [0.5, 0.6) is 0 Å². The minimum Gasteiger partial charge on any atom is -0.385 e. The zero-order chi connectivity index (χ0) is 20.3. The number of ether oxygens (including phenoxy) is 1. The van der Waals surface area contributed by atoms with Gasteiger partial charge < -0.3 is 19.9 Å². The van der Waals surface area contributed by atoms with Crippen LogP contribution in [-0.2, 0) is 11.8 Å². The molecule has 0 bridgehead atoms. The van der Waals surface area contributed by atoms with E-state index in [0.717, 1.165) is 22.9 Å². The molecular formula is C19H23N5O3S. The topological polar surface area (TPSA) is 98.1 Å². The Morgan fingerprint density at radius 3 is 2.86 bits per heavy atom. The lowest BCUT2D eigenvalue weighted by Gasteiger charge is -2.09. The summed E-state index contributed by atoms with van der Waals surface area (Å²) in [6, 6.07) is 1.78. The zero-order valence-corrected chi connectivity index (χ0v) is 17.1. The highest BCUT2D eigenvalue weighted by Crippen LogP contribution is 2.34. The summed E-state index contributed by atoms with van der Waals surface area (Å²) in [6.07, 6.45) is 3.95. The maximum atomic E-state index is 12.5. The van der Waals surface area contributed by atoms with Crippen molar-refractivity contribution in [2.24, 2.45) is 7.05 Å². The van der Waals surface area contributed by atoms with Gasteiger partial charge in [0, 0.05) is 33.5 Å². The summed E-state index contributed by atoms with van der Waals surface area (Å²) < 4.78 is 6.52. The molecule has 0 aromatic carbocycles. The molecule has 3 aromatic rings. The molecule has 8 nitrogen and oxygen atoms in total. The Kier molecular flexibility index (Phi) is 6.05. The number of hydrogen-bond acceptors (Lipinski definition) is 7. The lowest BCUT2D eigenvalue weighted by atomic mass is 10.2. The van der Waals surface area contributed by atoms with E-state index < -0.39 is 0 Å². The van der Waals surface area contributed by atoms with E-state index in [4.69, 9.17) is 4.74 Å². The standard InChI is InChI=1S/C19H23N5O3S/c1-11-8-13(19(26)24(3)9-11)23-16-14-12(2)15(28-18(14)22-10-21-16)17(25)20-6-5-7-27-4/h8-10H,5-7H2,1-4H3,(H,20,25)(H,21,22,23). The molecule has 148 valence electrons. The maximum absolute atomic E-state index is 12.5. The van der Waals surface area contributed by atoms with E-state index in [1.54, 1.807) is 26.4 Å². The number of aromatic nitrogens is 3. The fourth-order valence-corrected chi connectivity index (χ4v) is 4.04. The summed E-state index contributed by atoms with van der Waals surface area (Å²) in [5.41, 5.74) is 2.02. The van der Waals surface area contributed by atoms with Crippen LogP contribution in [0.3, 0.4) is 0 Å². The number of carbonyl (C=O) groups excluding carboxylic acids is 1. The van der Waals surface area contributed by atoms with Gasteiger partial charge in [0.05, 0.1) is 10.3 Å². The van der Waals surface area contributed by atoms with Crippen molar-refractivity contribution in [2.45, 2.75) is 20.3 Å². The fourth-order valence-electron chi connectivity index (χ4n) is 2.98. The molecule has 3 aromatic heterocycles. The van der Waals surface area contributed by atoms with Crippen LogP contribution in [0.15, 0.2) is 23.4 Å². The van der Waals surface area contributed by atoms with Crippen molar-refractivity contribution in [3.63, 3.8) is 0 Å². The number of thiophene rings is 1. The van der Waals surface area contributed by atoms with Crippen LogP contribution in [0, 0.1) is 13.8 Å². The van der Waals surface area contributed by atoms with E-state index in [0.29, 0.717) is 34.4 Å². The van der Waals surface area contributed by atoms with Crippen molar-refractivity contribution in [2.75, 3.05) is 25.6 Å². The van der Waals surface area contributed by atoms with E-state index >= 15 is 0 Å². The largest absolute Gasteiger partial charge is 0.385 e. The summed E-state index contributed by atoms with van der Waals surface area (Å²) in [5, 5.41) is 6.77. The van der Waals surface area contributed by atoms with Crippen molar-refractivity contribution in [1.82, 2.24) is 19.9 Å². The molecule has 1 amide bonds. The molecule has 0 spiro atoms. The Morgan fingerprint density at radius 2 is 2.11 bits per heavy atom. The molecule has 9 heteroatoms. The Labute approximate surface area is 166 Å². The highest BCUT2D eigenvalue weighted by Gasteiger charge is 2.19. The van der Waals surface area contributed by atoms with Crippen molar-refractivity contribution in [3.8, 4) is 0 Å². The fraction of sp³-hybridized carbons (Fsp3) is 0.368. The van der Waals surface area contributed by atoms with Crippen molar-refractivity contribution in [3.05, 3.63) is 44.9 Å². The highest BCUT2D eigenvalue weighted by atomic mass is 32.1. The third-order valence-corrected chi connectivity index (χ3v) is 5.52. The number of amides is 1. The van der Waals surface area contributed by atoms with E-state index in [9.17, 15) is 9.59 Å². The van der Waals surface area contributed by atoms with Gasteiger partial charge in [0.1, 0.15) is 22.7 Å². The number of aryl methyl sites for hydroxylation is 3. The minimum atomic E-state index is -0.152. The molecule has 28 heavy (non-hydrogen) atoms. The van der Waals surface area contributed by atoms with Crippen molar-refractivity contribution < 1.29 is 9.53 Å². The summed E-state index contributed by atoms with van der Waals surface area (Å²) in [7, 11) is 3.34. The quantitative estimate of drug-likeness (QED) is 0.591. The third-order valence-electron chi connectivity index (χ3n) is 4.32. The van der Waals surface area contributed by atoms with Gasteiger partial charge in [-0.15, -0.1) is 11.3 Å². The van der Waals surface area contributed by atoms with Gasteiger partial charge in [0.25, 0.3) is 11.5 Å². The summed E-state index contributed by atoms with van der Waals surface area (Å²) in [5.74, 6) is 0.369. The van der Waals surface area contributed by atoms with Crippen LogP contribution in [0.4, 0.5) is 11.5 Å². The average Bonchev–Trinajstić information content (AvgIpc) is 3.00. The first-order valence-corrected chi connectivity index (χ1v) is 9.69. The van der Waals surface area contributed by atoms with Crippen LogP contribution in [0.1, 0.15) is 27.2 Å². The van der Waals surface area contributed by atoms with Crippen LogP contribution in [0.25, 0.3) is 10.2 Å². The monoisotopic (exact) mass is 401 g/mol. The molecule has 0 radical (unpaired) electrons. The van der Waals surface area contributed by atoms with Gasteiger partial charge in [-0.2, -0.15) is 0 Å². The minimum absolute atomic E-state index is 0.144. The van der Waals surface area contributed by atoms with Crippen molar-refractivity contribution >= 4 is 39.0 Å². The normalized spacial score (nSPS) is 11.0. The number of pyridine rings is 1. The number of anilines is 2. The molecule has 0 aliphatic heterocycles. The van der Waals surface area contributed by atoms with Gasteiger partial charge in [-0.05, 0) is 37.5 Å². The Morgan fingerprint density at radius 1 is 1.32 bits per heavy atom. The Balaban J connectivity index is 1.94. The Hall–Kier alpha value is -2.78. The van der Waals surface area contributed by atoms with Gasteiger partial charge >= 0.3 is 0 Å². The molecule has 0 saturated carbocycles. The van der Waals surface area contributed by atoms with Crippen LogP contribution >= 0.6 is 11.3 Å². The number of nitrogens with one attached hydrogen (secondary N) is 2. The molecular weight excluding hydrogens is 378 g/mol. The lowest BCUT2D eigenvalue weighted by molar-refractivity contribution is 0.0952. The third kappa shape index (κ3) is 4.05. The molecule has 0 aliphatic rings. The lowest BCUT2D eigenvalue weighted by Crippen LogP contribution is -2.24. The van der Waals surface area contributed by atoms with E-state index in [1.807, 2.05) is 13.8 Å². The summed E-state index contributed by atoms with van der Waals surface area (Å²) >= 11 is 1.31. The SMILES string of the molecule is COCCCNC(=O)c1sc2ncnc(Nc3cc(C)cn(C)c3=O)c2c1C. The maximum Gasteiger partial charge on any atom is 0.274 e. The number of hydrogen-bond donors (Lipinski definition) is 2. The number of fused-ring (bicyclic) bond motifs is 1. The van der Waals surface area contributed by atoms with Gasteiger partial charge in [0.15, 0.2) is 0 Å². The smallest absolute Gasteiger partial charge is 0.274 e. The number of carbonyl (C=O) groups is 1. The number of methoxy groups -OCH3 is 1. The predicted octanol–water partition coefficient (Wildman–Crippen LogP) is 2.52. The van der Waals surface area contributed by atoms with E-state index in [1.165, 1.54) is 22.2 Å². The number of nitrogens with zero attached hydrogens (tertiary/aromatic N) is 3. The molecule has 3 heterocycles. The molecule has 0 aliphatic carbocycles. The first-order valence-electron chi connectivity index (χ1n) is 8.88. The van der Waals surface area contributed by atoms with E-state index in [-0.39, 0.29) is 11.5 Å². The van der Waals surface area contributed by atoms with E-state index in [2.05, 4.69) is 20.6 Å². The first-order chi connectivity index (χ1) is 13.4.